The van der Waals surface area contributed by atoms with E-state index in [1.807, 2.05) is 19.9 Å². The Bertz CT molecular complexity index is 771. The Labute approximate surface area is 194 Å². The minimum atomic E-state index is -1.06. The first kappa shape index (κ1) is 26.8. The molecule has 1 aromatic carbocycles. The number of nitrogens with one attached hydrogen (secondary N) is 1. The summed E-state index contributed by atoms with van der Waals surface area (Å²) in [5.41, 5.74) is 0.714. The molecular weight excluding hydrogens is 430 g/mol. The number of aliphatic carboxylic acids is 1. The number of esters is 1. The first-order chi connectivity index (χ1) is 15.7. The molecule has 0 spiro atoms. The number of carbonyl (C=O) groups is 3. The van der Waals surface area contributed by atoms with Gasteiger partial charge in [-0.3, -0.25) is 14.4 Å². The van der Waals surface area contributed by atoms with Gasteiger partial charge in [-0.05, 0) is 31.2 Å². The summed E-state index contributed by atoms with van der Waals surface area (Å²) in [6, 6.07) is 8.99. The van der Waals surface area contributed by atoms with Gasteiger partial charge >= 0.3 is 11.9 Å². The van der Waals surface area contributed by atoms with E-state index in [4.69, 9.17) is 14.6 Å². The summed E-state index contributed by atoms with van der Waals surface area (Å²) < 4.78 is 11.5. The van der Waals surface area contributed by atoms with Gasteiger partial charge in [0.1, 0.15) is 6.10 Å². The topological polar surface area (TPSA) is 142 Å². The minimum Gasteiger partial charge on any atom is -0.481 e. The number of carboxylic acid groups (broad SMARTS) is 1. The standard InChI is InChI=1S/C24H35NO8/c1-15-12-20(19(27)13-18(15)26)32-16(2)8-11-24(31)33-21(17-6-4-3-5-7-17)14-25-22(28)9-10-23(29)30/h3-7,15-16,18-21,26-27H,8-14H2,1-2H3,(H,25,28)(H,29,30)/t15?,16-,18-,19+,20-,21-/m1/s1. The monoisotopic (exact) mass is 465 g/mol. The Balaban J connectivity index is 1.84. The molecule has 1 aliphatic carbocycles. The Morgan fingerprint density at radius 1 is 1.06 bits per heavy atom. The third-order valence-corrected chi connectivity index (χ3v) is 5.83. The van der Waals surface area contributed by atoms with E-state index in [-0.39, 0.29) is 50.4 Å². The van der Waals surface area contributed by atoms with Crippen molar-refractivity contribution in [2.75, 3.05) is 6.54 Å². The van der Waals surface area contributed by atoms with Crippen LogP contribution in [-0.4, -0.2) is 64.1 Å². The second kappa shape index (κ2) is 13.3. The molecular formula is C24H35NO8. The number of aliphatic hydroxyl groups excluding tert-OH is 2. The Morgan fingerprint density at radius 2 is 1.76 bits per heavy atom. The average Bonchev–Trinajstić information content (AvgIpc) is 2.78. The van der Waals surface area contributed by atoms with Crippen LogP contribution in [0.2, 0.25) is 0 Å². The van der Waals surface area contributed by atoms with E-state index in [9.17, 15) is 24.6 Å². The van der Waals surface area contributed by atoms with Crippen LogP contribution in [0.3, 0.4) is 0 Å². The maximum absolute atomic E-state index is 12.5. The Morgan fingerprint density at radius 3 is 2.42 bits per heavy atom. The number of rotatable bonds is 12. The van der Waals surface area contributed by atoms with Crippen LogP contribution in [0.5, 0.6) is 0 Å². The van der Waals surface area contributed by atoms with Crippen molar-refractivity contribution in [1.82, 2.24) is 5.32 Å². The van der Waals surface area contributed by atoms with Crippen LogP contribution in [0, 0.1) is 5.92 Å². The summed E-state index contributed by atoms with van der Waals surface area (Å²) >= 11 is 0. The zero-order valence-electron chi connectivity index (χ0n) is 19.2. The molecule has 0 heterocycles. The second-order valence-corrected chi connectivity index (χ2v) is 8.69. The molecule has 6 atom stereocenters. The van der Waals surface area contributed by atoms with Crippen LogP contribution in [0.4, 0.5) is 0 Å². The number of carbonyl (C=O) groups excluding carboxylic acids is 2. The third-order valence-electron chi connectivity index (χ3n) is 5.83. The predicted octanol–water partition coefficient (Wildman–Crippen LogP) is 1.96. The summed E-state index contributed by atoms with van der Waals surface area (Å²) in [5, 5.41) is 31.3. The van der Waals surface area contributed by atoms with E-state index in [0.717, 1.165) is 0 Å². The van der Waals surface area contributed by atoms with E-state index >= 15 is 0 Å². The number of amides is 1. The maximum atomic E-state index is 12.5. The molecule has 2 rings (SSSR count). The van der Waals surface area contributed by atoms with Gasteiger partial charge in [0.2, 0.25) is 5.91 Å². The number of carboxylic acids is 1. The fraction of sp³-hybridized carbons (Fsp3) is 0.625. The van der Waals surface area contributed by atoms with E-state index in [1.54, 1.807) is 24.3 Å². The lowest BCUT2D eigenvalue weighted by Crippen LogP contribution is -2.43. The summed E-state index contributed by atoms with van der Waals surface area (Å²) in [4.78, 5) is 35.0. The van der Waals surface area contributed by atoms with Crippen LogP contribution in [0.15, 0.2) is 30.3 Å². The van der Waals surface area contributed by atoms with Gasteiger partial charge < -0.3 is 30.1 Å². The molecule has 1 aliphatic rings. The molecule has 0 radical (unpaired) electrons. The van der Waals surface area contributed by atoms with Gasteiger partial charge in [-0.1, -0.05) is 37.3 Å². The van der Waals surface area contributed by atoms with Crippen molar-refractivity contribution in [2.45, 2.75) is 82.9 Å². The van der Waals surface area contributed by atoms with Crippen LogP contribution in [0.25, 0.3) is 0 Å². The molecule has 0 saturated heterocycles. The molecule has 1 saturated carbocycles. The quantitative estimate of drug-likeness (QED) is 0.343. The van der Waals surface area contributed by atoms with Gasteiger partial charge in [-0.15, -0.1) is 0 Å². The molecule has 33 heavy (non-hydrogen) atoms. The first-order valence-electron chi connectivity index (χ1n) is 11.4. The number of ether oxygens (including phenoxy) is 2. The average molecular weight is 466 g/mol. The van der Waals surface area contributed by atoms with Crippen molar-refractivity contribution in [1.29, 1.82) is 0 Å². The van der Waals surface area contributed by atoms with Crippen molar-refractivity contribution in [2.24, 2.45) is 5.92 Å². The molecule has 184 valence electrons. The smallest absolute Gasteiger partial charge is 0.306 e. The highest BCUT2D eigenvalue weighted by atomic mass is 16.5. The molecule has 1 aromatic rings. The Kier molecular flexibility index (Phi) is 10.8. The zero-order chi connectivity index (χ0) is 24.4. The molecule has 0 bridgehead atoms. The molecule has 1 fully saturated rings. The second-order valence-electron chi connectivity index (χ2n) is 8.69. The number of hydrogen-bond donors (Lipinski definition) is 4. The van der Waals surface area contributed by atoms with Crippen molar-refractivity contribution >= 4 is 17.8 Å². The van der Waals surface area contributed by atoms with Crippen LogP contribution >= 0.6 is 0 Å². The fourth-order valence-electron chi connectivity index (χ4n) is 3.77. The molecule has 1 unspecified atom stereocenters. The lowest BCUT2D eigenvalue weighted by Gasteiger charge is -2.36. The zero-order valence-corrected chi connectivity index (χ0v) is 19.2. The summed E-state index contributed by atoms with van der Waals surface area (Å²) in [7, 11) is 0. The van der Waals surface area contributed by atoms with Gasteiger partial charge in [0.05, 0.1) is 37.4 Å². The largest absolute Gasteiger partial charge is 0.481 e. The van der Waals surface area contributed by atoms with Crippen LogP contribution in [0.1, 0.15) is 64.0 Å². The van der Waals surface area contributed by atoms with Crippen molar-refractivity contribution < 1.29 is 39.2 Å². The van der Waals surface area contributed by atoms with Gasteiger partial charge in [0, 0.05) is 19.3 Å². The highest BCUT2D eigenvalue weighted by molar-refractivity contribution is 5.80. The van der Waals surface area contributed by atoms with Crippen molar-refractivity contribution in [3.05, 3.63) is 35.9 Å². The molecule has 0 aliphatic heterocycles. The molecule has 1 amide bonds. The molecule has 9 heteroatoms. The van der Waals surface area contributed by atoms with Crippen LogP contribution in [-0.2, 0) is 23.9 Å². The molecule has 9 nitrogen and oxygen atoms in total. The lowest BCUT2D eigenvalue weighted by molar-refractivity contribution is -0.152. The van der Waals surface area contributed by atoms with Crippen LogP contribution < -0.4 is 5.32 Å². The van der Waals surface area contributed by atoms with E-state index in [0.29, 0.717) is 18.4 Å². The summed E-state index contributed by atoms with van der Waals surface area (Å²) in [6.45, 7) is 3.78. The maximum Gasteiger partial charge on any atom is 0.306 e. The first-order valence-corrected chi connectivity index (χ1v) is 11.4. The predicted molar refractivity (Wildman–Crippen MR) is 119 cm³/mol. The number of hydrogen-bond acceptors (Lipinski definition) is 7. The minimum absolute atomic E-state index is 0.0351. The highest BCUT2D eigenvalue weighted by Gasteiger charge is 2.34. The summed E-state index contributed by atoms with van der Waals surface area (Å²) in [6.07, 6.45) is -1.75. The number of benzene rings is 1. The molecule has 0 aromatic heterocycles. The number of aliphatic hydroxyl groups is 2. The highest BCUT2D eigenvalue weighted by Crippen LogP contribution is 2.28. The van der Waals surface area contributed by atoms with Gasteiger partial charge in [0.15, 0.2) is 0 Å². The molecule has 4 N–H and O–H groups in total. The van der Waals surface area contributed by atoms with E-state index in [1.165, 1.54) is 0 Å². The SMILES string of the molecule is CC1C[C@@H](O[C@H](C)CCC(=O)O[C@H](CNC(=O)CCC(=O)O)c2ccccc2)[C@@H](O)C[C@H]1O. The fourth-order valence-corrected chi connectivity index (χ4v) is 3.77. The normalized spacial score (nSPS) is 24.5. The van der Waals surface area contributed by atoms with E-state index in [2.05, 4.69) is 5.32 Å². The summed E-state index contributed by atoms with van der Waals surface area (Å²) in [5.74, 6) is -1.90. The van der Waals surface area contributed by atoms with E-state index < -0.39 is 36.2 Å². The lowest BCUT2D eigenvalue weighted by atomic mass is 9.84. The van der Waals surface area contributed by atoms with Gasteiger partial charge in [0.25, 0.3) is 0 Å². The van der Waals surface area contributed by atoms with Crippen molar-refractivity contribution in [3.8, 4) is 0 Å². The third kappa shape index (κ3) is 9.49. The Hall–Kier alpha value is -2.49. The van der Waals surface area contributed by atoms with Gasteiger partial charge in [-0.2, -0.15) is 0 Å². The van der Waals surface area contributed by atoms with Gasteiger partial charge in [-0.25, -0.2) is 0 Å². The van der Waals surface area contributed by atoms with Crippen molar-refractivity contribution in [3.63, 3.8) is 0 Å².